The van der Waals surface area contributed by atoms with Gasteiger partial charge >= 0.3 is 0 Å². The van der Waals surface area contributed by atoms with Crippen molar-refractivity contribution in [2.45, 2.75) is 19.4 Å². The number of halogens is 1. The number of nitrogens with one attached hydrogen (secondary N) is 1. The SMILES string of the molecule is CCNC(Cc1ccsc1)c1cc2cc(F)ccc2s1. The number of hydrogen-bond donors (Lipinski definition) is 1. The molecule has 0 spiro atoms. The molecule has 0 fully saturated rings. The Morgan fingerprint density at radius 2 is 2.15 bits per heavy atom. The van der Waals surface area contributed by atoms with Gasteiger partial charge in [0.25, 0.3) is 0 Å². The summed E-state index contributed by atoms with van der Waals surface area (Å²) in [6.07, 6.45) is 0.979. The van der Waals surface area contributed by atoms with E-state index in [1.165, 1.54) is 16.5 Å². The molecule has 0 amide bonds. The predicted molar refractivity (Wildman–Crippen MR) is 86.2 cm³/mol. The van der Waals surface area contributed by atoms with Crippen molar-refractivity contribution in [2.24, 2.45) is 0 Å². The van der Waals surface area contributed by atoms with Crippen molar-refractivity contribution in [3.63, 3.8) is 0 Å². The lowest BCUT2D eigenvalue weighted by molar-refractivity contribution is 0.559. The van der Waals surface area contributed by atoms with E-state index in [0.29, 0.717) is 6.04 Å². The highest BCUT2D eigenvalue weighted by Crippen LogP contribution is 2.32. The molecule has 2 heterocycles. The van der Waals surface area contributed by atoms with Gasteiger partial charge in [0, 0.05) is 15.6 Å². The minimum absolute atomic E-state index is 0.167. The first-order valence-corrected chi connectivity index (χ1v) is 8.45. The number of rotatable bonds is 5. The summed E-state index contributed by atoms with van der Waals surface area (Å²) in [6, 6.07) is 9.60. The molecule has 0 aliphatic carbocycles. The van der Waals surface area contributed by atoms with Gasteiger partial charge in [0.2, 0.25) is 0 Å². The van der Waals surface area contributed by atoms with Crippen molar-refractivity contribution in [3.05, 3.63) is 57.3 Å². The van der Waals surface area contributed by atoms with E-state index in [1.54, 1.807) is 28.7 Å². The van der Waals surface area contributed by atoms with Crippen LogP contribution in [0.5, 0.6) is 0 Å². The van der Waals surface area contributed by atoms with Crippen LogP contribution < -0.4 is 5.32 Å². The Bertz CT molecular complexity index is 688. The molecule has 1 atom stereocenters. The van der Waals surface area contributed by atoms with Crippen LogP contribution in [0.1, 0.15) is 23.4 Å². The van der Waals surface area contributed by atoms with Gasteiger partial charge in [-0.25, -0.2) is 4.39 Å². The molecule has 1 nitrogen and oxygen atoms in total. The fourth-order valence-electron chi connectivity index (χ4n) is 2.37. The van der Waals surface area contributed by atoms with E-state index in [4.69, 9.17) is 0 Å². The summed E-state index contributed by atoms with van der Waals surface area (Å²) in [5, 5.41) is 8.83. The van der Waals surface area contributed by atoms with Crippen LogP contribution in [-0.2, 0) is 6.42 Å². The van der Waals surface area contributed by atoms with Crippen LogP contribution in [0.15, 0.2) is 41.1 Å². The highest BCUT2D eigenvalue weighted by molar-refractivity contribution is 7.19. The maximum absolute atomic E-state index is 13.3. The molecule has 1 aromatic carbocycles. The van der Waals surface area contributed by atoms with E-state index >= 15 is 0 Å². The van der Waals surface area contributed by atoms with Gasteiger partial charge in [0.15, 0.2) is 0 Å². The summed E-state index contributed by atoms with van der Waals surface area (Å²) < 4.78 is 14.4. The molecule has 1 unspecified atom stereocenters. The lowest BCUT2D eigenvalue weighted by atomic mass is 10.1. The fraction of sp³-hybridized carbons (Fsp3) is 0.250. The van der Waals surface area contributed by atoms with Crippen molar-refractivity contribution in [1.29, 1.82) is 0 Å². The molecule has 1 N–H and O–H groups in total. The van der Waals surface area contributed by atoms with Crippen LogP contribution in [0.4, 0.5) is 4.39 Å². The van der Waals surface area contributed by atoms with E-state index < -0.39 is 0 Å². The normalized spacial score (nSPS) is 12.9. The molecule has 0 aliphatic rings. The summed E-state index contributed by atoms with van der Waals surface area (Å²) in [4.78, 5) is 1.28. The van der Waals surface area contributed by atoms with Gasteiger partial charge in [-0.3, -0.25) is 0 Å². The van der Waals surface area contributed by atoms with Gasteiger partial charge in [-0.1, -0.05) is 6.92 Å². The fourth-order valence-corrected chi connectivity index (χ4v) is 4.17. The molecule has 2 aromatic heterocycles. The first-order chi connectivity index (χ1) is 9.76. The highest BCUT2D eigenvalue weighted by Gasteiger charge is 2.15. The summed E-state index contributed by atoms with van der Waals surface area (Å²) >= 11 is 3.48. The van der Waals surface area contributed by atoms with E-state index in [-0.39, 0.29) is 5.82 Å². The first-order valence-electron chi connectivity index (χ1n) is 6.69. The smallest absolute Gasteiger partial charge is 0.123 e. The number of thiophene rings is 2. The average molecular weight is 305 g/mol. The first kappa shape index (κ1) is 13.7. The summed E-state index contributed by atoms with van der Waals surface area (Å²) in [5.74, 6) is -0.167. The lowest BCUT2D eigenvalue weighted by Crippen LogP contribution is -2.21. The minimum Gasteiger partial charge on any atom is -0.309 e. The summed E-state index contributed by atoms with van der Waals surface area (Å²) in [7, 11) is 0. The maximum atomic E-state index is 13.3. The van der Waals surface area contributed by atoms with Gasteiger partial charge in [-0.15, -0.1) is 11.3 Å². The van der Waals surface area contributed by atoms with Crippen molar-refractivity contribution in [3.8, 4) is 0 Å². The molecule has 0 saturated heterocycles. The Balaban J connectivity index is 1.92. The number of benzene rings is 1. The molecule has 0 bridgehead atoms. The van der Waals surface area contributed by atoms with Gasteiger partial charge in [-0.2, -0.15) is 11.3 Å². The van der Waals surface area contributed by atoms with Crippen LogP contribution in [0.2, 0.25) is 0 Å². The zero-order chi connectivity index (χ0) is 13.9. The van der Waals surface area contributed by atoms with E-state index in [0.717, 1.165) is 23.1 Å². The van der Waals surface area contributed by atoms with E-state index in [1.807, 2.05) is 6.07 Å². The molecular formula is C16H16FNS2. The molecule has 0 radical (unpaired) electrons. The Morgan fingerprint density at radius 3 is 2.90 bits per heavy atom. The topological polar surface area (TPSA) is 12.0 Å². The lowest BCUT2D eigenvalue weighted by Gasteiger charge is -2.15. The number of hydrogen-bond acceptors (Lipinski definition) is 3. The third-order valence-electron chi connectivity index (χ3n) is 3.31. The van der Waals surface area contributed by atoms with Crippen LogP contribution in [0.25, 0.3) is 10.1 Å². The van der Waals surface area contributed by atoms with Gasteiger partial charge < -0.3 is 5.32 Å². The van der Waals surface area contributed by atoms with Crippen molar-refractivity contribution < 1.29 is 4.39 Å². The monoisotopic (exact) mass is 305 g/mol. The van der Waals surface area contributed by atoms with E-state index in [9.17, 15) is 4.39 Å². The van der Waals surface area contributed by atoms with Crippen LogP contribution >= 0.6 is 22.7 Å². The Morgan fingerprint density at radius 1 is 1.25 bits per heavy atom. The molecule has 20 heavy (non-hydrogen) atoms. The summed E-state index contributed by atoms with van der Waals surface area (Å²) in [6.45, 7) is 3.05. The van der Waals surface area contributed by atoms with E-state index in [2.05, 4.69) is 35.1 Å². The quantitative estimate of drug-likeness (QED) is 0.700. The standard InChI is InChI=1S/C16H16FNS2/c1-2-18-14(7-11-5-6-19-10-11)16-9-12-8-13(17)3-4-15(12)20-16/h3-6,8-10,14,18H,2,7H2,1H3. The molecule has 3 rings (SSSR count). The molecule has 0 aliphatic heterocycles. The third kappa shape index (κ3) is 2.92. The molecule has 3 aromatic rings. The van der Waals surface area contributed by atoms with Gasteiger partial charge in [0.05, 0.1) is 0 Å². The predicted octanol–water partition coefficient (Wildman–Crippen LogP) is 5.00. The second-order valence-corrected chi connectivity index (χ2v) is 6.67. The van der Waals surface area contributed by atoms with Crippen LogP contribution in [0.3, 0.4) is 0 Å². The van der Waals surface area contributed by atoms with Crippen molar-refractivity contribution in [1.82, 2.24) is 5.32 Å². The Labute approximate surface area is 126 Å². The molecule has 0 saturated carbocycles. The molecular weight excluding hydrogens is 289 g/mol. The second-order valence-electron chi connectivity index (χ2n) is 4.78. The Hall–Kier alpha value is -1.23. The highest BCUT2D eigenvalue weighted by atomic mass is 32.1. The largest absolute Gasteiger partial charge is 0.309 e. The van der Waals surface area contributed by atoms with Gasteiger partial charge in [-0.05, 0) is 65.0 Å². The number of fused-ring (bicyclic) bond motifs is 1. The van der Waals surface area contributed by atoms with Crippen molar-refractivity contribution >= 4 is 32.8 Å². The average Bonchev–Trinajstić information content (AvgIpc) is 3.06. The second kappa shape index (κ2) is 6.04. The third-order valence-corrected chi connectivity index (χ3v) is 5.27. The Kier molecular flexibility index (Phi) is 4.15. The number of likely N-dealkylation sites (N-methyl/N-ethyl adjacent to an activating group) is 1. The zero-order valence-electron chi connectivity index (χ0n) is 11.2. The summed E-state index contributed by atoms with van der Waals surface area (Å²) in [5.41, 5.74) is 1.35. The molecule has 4 heteroatoms. The maximum Gasteiger partial charge on any atom is 0.123 e. The molecule has 104 valence electrons. The minimum atomic E-state index is -0.167. The van der Waals surface area contributed by atoms with Gasteiger partial charge in [0.1, 0.15) is 5.82 Å². The van der Waals surface area contributed by atoms with Crippen molar-refractivity contribution in [2.75, 3.05) is 6.54 Å². The van der Waals surface area contributed by atoms with Crippen LogP contribution in [0, 0.1) is 5.82 Å². The van der Waals surface area contributed by atoms with Crippen LogP contribution in [-0.4, -0.2) is 6.54 Å². The zero-order valence-corrected chi connectivity index (χ0v) is 12.9.